The average Bonchev–Trinajstić information content (AvgIpc) is 2.60. The molecule has 0 aliphatic rings. The number of hydrogen-bond donors (Lipinski definition) is 2. The van der Waals surface area contributed by atoms with Gasteiger partial charge in [-0.05, 0) is 0 Å². The molecule has 2 heterocycles. The number of H-pyrrole nitrogens is 2. The van der Waals surface area contributed by atoms with Crippen LogP contribution >= 0.6 is 0 Å². The van der Waals surface area contributed by atoms with Gasteiger partial charge in [0, 0.05) is 6.42 Å². The van der Waals surface area contributed by atoms with Gasteiger partial charge in [-0.1, -0.05) is 10.6 Å². The van der Waals surface area contributed by atoms with Gasteiger partial charge in [0.2, 0.25) is 0 Å². The normalized spacial score (nSPS) is 10.7. The van der Waals surface area contributed by atoms with E-state index in [1.165, 1.54) is 0 Å². The topological polar surface area (TPSA) is 83.5 Å². The van der Waals surface area contributed by atoms with E-state index in [0.717, 1.165) is 0 Å². The van der Waals surface area contributed by atoms with Crippen LogP contribution in [0.3, 0.4) is 0 Å². The number of rotatable bonds is 2. The smallest absolute Gasteiger partial charge is 0.336 e. The highest BCUT2D eigenvalue weighted by atomic mass is 19.2. The van der Waals surface area contributed by atoms with E-state index in [1.54, 1.807) is 6.08 Å². The highest BCUT2D eigenvalue weighted by Gasteiger charge is 2.11. The van der Waals surface area contributed by atoms with E-state index in [2.05, 4.69) is 16.5 Å². The Hall–Kier alpha value is -2.18. The van der Waals surface area contributed by atoms with Crippen molar-refractivity contribution in [3.63, 3.8) is 0 Å². The number of halogens is 1. The molecule has 2 aromatic rings. The van der Waals surface area contributed by atoms with Crippen LogP contribution in [0.4, 0.5) is 4.48 Å². The van der Waals surface area contributed by atoms with Crippen molar-refractivity contribution in [2.45, 2.75) is 6.42 Å². The summed E-state index contributed by atoms with van der Waals surface area (Å²) in [5.41, 5.74) is -2.19. The molecule has 15 heavy (non-hydrogen) atoms. The van der Waals surface area contributed by atoms with E-state index in [-0.39, 0.29) is 16.0 Å². The summed E-state index contributed by atoms with van der Waals surface area (Å²) in [5, 5.41) is 0. The first-order chi connectivity index (χ1) is 7.13. The molecule has 0 aromatic carbocycles. The lowest BCUT2D eigenvalue weighted by molar-refractivity contribution is 0.359. The second kappa shape index (κ2) is 3.19. The maximum Gasteiger partial charge on any atom is 0.358 e. The Balaban J connectivity index is 2.85. The van der Waals surface area contributed by atoms with E-state index < -0.39 is 11.2 Å². The summed E-state index contributed by atoms with van der Waals surface area (Å²) in [5.74, 6) is 0.377. The fourth-order valence-electron chi connectivity index (χ4n) is 1.25. The molecule has 2 N–H and O–H groups in total. The van der Waals surface area contributed by atoms with Gasteiger partial charge in [-0.2, -0.15) is 0 Å². The van der Waals surface area contributed by atoms with Crippen molar-refractivity contribution in [1.82, 2.24) is 19.7 Å². The number of aromatic amines is 2. The number of fused-ring (bicyclic) bond motifs is 1. The molecule has 0 radical (unpaired) electrons. The van der Waals surface area contributed by atoms with E-state index in [0.29, 0.717) is 12.2 Å². The quantitative estimate of drug-likeness (QED) is 0.677. The summed E-state index contributed by atoms with van der Waals surface area (Å²) in [4.78, 5) is 30.1. The van der Waals surface area contributed by atoms with Crippen molar-refractivity contribution in [2.75, 3.05) is 0 Å². The van der Waals surface area contributed by atoms with Crippen LogP contribution in [-0.4, -0.2) is 19.7 Å². The highest BCUT2D eigenvalue weighted by molar-refractivity contribution is 5.69. The molecule has 0 atom stereocenters. The molecule has 0 unspecified atom stereocenters. The minimum absolute atomic E-state index is 0.0612. The van der Waals surface area contributed by atoms with Crippen LogP contribution in [0, 0.1) is 0 Å². The van der Waals surface area contributed by atoms with Gasteiger partial charge in [0.25, 0.3) is 5.56 Å². The first-order valence-electron chi connectivity index (χ1n) is 4.14. The fraction of sp³-hybridized carbons (Fsp3) is 0.125. The van der Waals surface area contributed by atoms with Crippen LogP contribution in [0.2, 0.25) is 0 Å². The van der Waals surface area contributed by atoms with Gasteiger partial charge >= 0.3 is 5.69 Å². The maximum atomic E-state index is 13.2. The lowest BCUT2D eigenvalue weighted by Crippen LogP contribution is -2.26. The van der Waals surface area contributed by atoms with Crippen molar-refractivity contribution in [2.24, 2.45) is 0 Å². The predicted octanol–water partition coefficient (Wildman–Crippen LogP) is -0.126. The van der Waals surface area contributed by atoms with Crippen molar-refractivity contribution in [1.29, 1.82) is 0 Å². The van der Waals surface area contributed by atoms with Crippen LogP contribution in [0.1, 0.15) is 5.82 Å². The van der Waals surface area contributed by atoms with Crippen LogP contribution in [0.25, 0.3) is 11.2 Å². The molecular weight excluding hydrogens is 203 g/mol. The molecule has 0 bridgehead atoms. The van der Waals surface area contributed by atoms with Crippen LogP contribution in [0.15, 0.2) is 22.2 Å². The Morgan fingerprint density at radius 3 is 2.87 bits per heavy atom. The molecule has 0 aliphatic carbocycles. The number of hydrogen-bond acceptors (Lipinski definition) is 3. The summed E-state index contributed by atoms with van der Waals surface area (Å²) in [7, 11) is 0. The van der Waals surface area contributed by atoms with E-state index in [4.69, 9.17) is 0 Å². The van der Waals surface area contributed by atoms with Gasteiger partial charge in [-0.25, -0.2) is 9.78 Å². The molecule has 7 heteroatoms. The molecule has 2 aromatic heterocycles. The second-order valence-corrected chi connectivity index (χ2v) is 2.92. The second-order valence-electron chi connectivity index (χ2n) is 2.92. The van der Waals surface area contributed by atoms with E-state index in [9.17, 15) is 14.1 Å². The van der Waals surface area contributed by atoms with Gasteiger partial charge in [0.1, 0.15) is 5.82 Å². The maximum absolute atomic E-state index is 13.2. The summed E-state index contributed by atoms with van der Waals surface area (Å²) in [6.07, 6.45) is 1.91. The molecule has 0 aliphatic heterocycles. The minimum atomic E-state index is -1.14. The Bertz CT molecular complexity index is 636. The summed E-state index contributed by atoms with van der Waals surface area (Å²) in [6, 6.07) is 0. The van der Waals surface area contributed by atoms with Gasteiger partial charge in [-0.15, -0.1) is 11.4 Å². The Morgan fingerprint density at radius 1 is 1.47 bits per heavy atom. The van der Waals surface area contributed by atoms with Crippen molar-refractivity contribution < 1.29 is 4.48 Å². The van der Waals surface area contributed by atoms with Crippen LogP contribution in [-0.2, 0) is 6.42 Å². The number of aromatic nitrogens is 4. The summed E-state index contributed by atoms with van der Waals surface area (Å²) < 4.78 is 13.2. The zero-order valence-corrected chi connectivity index (χ0v) is 7.58. The van der Waals surface area contributed by atoms with Gasteiger partial charge in [0.15, 0.2) is 11.2 Å². The van der Waals surface area contributed by atoms with Crippen LogP contribution < -0.4 is 11.2 Å². The van der Waals surface area contributed by atoms with Gasteiger partial charge in [0.05, 0.1) is 0 Å². The Kier molecular flexibility index (Phi) is 2.00. The minimum Gasteiger partial charge on any atom is -0.336 e. The molecule has 2 rings (SSSR count). The molecule has 0 saturated carbocycles. The molecular formula is C8H7FN4O2. The third-order valence-electron chi connectivity index (χ3n) is 1.88. The van der Waals surface area contributed by atoms with Gasteiger partial charge < -0.3 is 4.98 Å². The number of nitrogens with one attached hydrogen (secondary N) is 2. The zero-order chi connectivity index (χ0) is 11.0. The lowest BCUT2D eigenvalue weighted by Gasteiger charge is -1.89. The molecule has 0 fully saturated rings. The third kappa shape index (κ3) is 1.37. The van der Waals surface area contributed by atoms with Crippen molar-refractivity contribution in [3.8, 4) is 0 Å². The van der Waals surface area contributed by atoms with E-state index >= 15 is 0 Å². The molecule has 0 saturated heterocycles. The first-order valence-corrected chi connectivity index (χ1v) is 4.14. The SMILES string of the molecule is C=CCc1nc2c([nH]1)c(=O)[nH]c(=O)n2F. The molecule has 0 spiro atoms. The number of imidazole rings is 1. The number of nitrogens with zero attached hydrogens (tertiary/aromatic N) is 2. The monoisotopic (exact) mass is 210 g/mol. The van der Waals surface area contributed by atoms with Crippen molar-refractivity contribution >= 4 is 11.2 Å². The highest BCUT2D eigenvalue weighted by Crippen LogP contribution is 2.05. The molecule has 0 amide bonds. The fourth-order valence-corrected chi connectivity index (χ4v) is 1.25. The third-order valence-corrected chi connectivity index (χ3v) is 1.88. The van der Waals surface area contributed by atoms with E-state index in [1.807, 2.05) is 4.98 Å². The molecule has 6 nitrogen and oxygen atoms in total. The zero-order valence-electron chi connectivity index (χ0n) is 7.58. The lowest BCUT2D eigenvalue weighted by atomic mass is 10.4. The van der Waals surface area contributed by atoms with Crippen molar-refractivity contribution in [3.05, 3.63) is 39.3 Å². The van der Waals surface area contributed by atoms with Crippen LogP contribution in [0.5, 0.6) is 0 Å². The first kappa shape index (κ1) is 9.38. The standard InChI is InChI=1S/C8H7FN4O2/c1-2-3-4-10-5-6(11-4)13(9)8(15)12-7(5)14/h2H,1,3H2,(H,10,11)(H,12,14,15). The predicted molar refractivity (Wildman–Crippen MR) is 51.4 cm³/mol. The van der Waals surface area contributed by atoms with Gasteiger partial charge in [-0.3, -0.25) is 9.78 Å². The molecule has 78 valence electrons. The average molecular weight is 210 g/mol. The Labute approximate surface area is 82.0 Å². The summed E-state index contributed by atoms with van der Waals surface area (Å²) >= 11 is 0. The number of allylic oxidation sites excluding steroid dienone is 1. The summed E-state index contributed by atoms with van der Waals surface area (Å²) in [6.45, 7) is 3.48. The Morgan fingerprint density at radius 2 is 2.20 bits per heavy atom. The largest absolute Gasteiger partial charge is 0.358 e.